The molecule has 1 atom stereocenters. The Hall–Kier alpha value is -0.650. The number of benzene rings is 1. The SMILES string of the molecule is CN1C(=O)C(F)c2cc(I)ccc21. The van der Waals surface area contributed by atoms with E-state index in [1.54, 1.807) is 19.2 Å². The van der Waals surface area contributed by atoms with Gasteiger partial charge in [-0.1, -0.05) is 0 Å². The number of carbonyl (C=O) groups excluding carboxylic acids is 1. The Morgan fingerprint density at radius 3 is 2.92 bits per heavy atom. The van der Waals surface area contributed by atoms with Gasteiger partial charge in [-0.15, -0.1) is 0 Å². The first-order chi connectivity index (χ1) is 6.11. The van der Waals surface area contributed by atoms with Crippen molar-refractivity contribution in [2.75, 3.05) is 11.9 Å². The lowest BCUT2D eigenvalue weighted by atomic mass is 10.1. The van der Waals surface area contributed by atoms with E-state index in [4.69, 9.17) is 0 Å². The minimum absolute atomic E-state index is 0.475. The van der Waals surface area contributed by atoms with Crippen molar-refractivity contribution in [2.24, 2.45) is 0 Å². The molecule has 0 saturated heterocycles. The van der Waals surface area contributed by atoms with E-state index in [1.807, 2.05) is 6.07 Å². The van der Waals surface area contributed by atoms with E-state index in [2.05, 4.69) is 22.6 Å². The fourth-order valence-electron chi connectivity index (χ4n) is 1.46. The monoisotopic (exact) mass is 291 g/mol. The molecule has 0 aliphatic carbocycles. The topological polar surface area (TPSA) is 20.3 Å². The molecule has 1 aromatic rings. The number of alkyl halides is 1. The number of rotatable bonds is 0. The summed E-state index contributed by atoms with van der Waals surface area (Å²) in [6, 6.07) is 5.34. The van der Waals surface area contributed by atoms with Crippen molar-refractivity contribution >= 4 is 34.2 Å². The minimum atomic E-state index is -1.48. The number of carbonyl (C=O) groups is 1. The Labute approximate surface area is 88.9 Å². The normalized spacial score (nSPS) is 20.7. The summed E-state index contributed by atoms with van der Waals surface area (Å²) in [6.45, 7) is 0. The minimum Gasteiger partial charge on any atom is -0.312 e. The van der Waals surface area contributed by atoms with Crippen LogP contribution in [0.3, 0.4) is 0 Å². The number of amides is 1. The molecule has 1 unspecified atom stereocenters. The van der Waals surface area contributed by atoms with E-state index in [9.17, 15) is 9.18 Å². The fourth-order valence-corrected chi connectivity index (χ4v) is 1.97. The molecule has 1 heterocycles. The highest BCUT2D eigenvalue weighted by Gasteiger charge is 2.34. The Morgan fingerprint density at radius 1 is 1.54 bits per heavy atom. The molecule has 0 saturated carbocycles. The third-order valence-electron chi connectivity index (χ3n) is 2.17. The lowest BCUT2D eigenvalue weighted by molar-refractivity contribution is -0.122. The van der Waals surface area contributed by atoms with E-state index in [1.165, 1.54) is 4.90 Å². The molecule has 2 nitrogen and oxygen atoms in total. The Balaban J connectivity index is 2.60. The van der Waals surface area contributed by atoms with Crippen LogP contribution in [0.15, 0.2) is 18.2 Å². The molecule has 1 aliphatic heterocycles. The van der Waals surface area contributed by atoms with Crippen LogP contribution in [0.4, 0.5) is 10.1 Å². The van der Waals surface area contributed by atoms with Gasteiger partial charge in [0.1, 0.15) is 0 Å². The standard InChI is InChI=1S/C9H7FINO/c1-12-7-3-2-5(11)4-6(7)8(10)9(12)13/h2-4,8H,1H3. The summed E-state index contributed by atoms with van der Waals surface area (Å²) in [6.07, 6.45) is -1.48. The highest BCUT2D eigenvalue weighted by atomic mass is 127. The maximum atomic E-state index is 13.3. The Bertz CT molecular complexity index is 380. The fraction of sp³-hybridized carbons (Fsp3) is 0.222. The second-order valence-corrected chi connectivity index (χ2v) is 4.21. The van der Waals surface area contributed by atoms with Crippen molar-refractivity contribution < 1.29 is 9.18 Å². The predicted molar refractivity (Wildman–Crippen MR) is 56.4 cm³/mol. The van der Waals surface area contributed by atoms with Crippen LogP contribution in [0.2, 0.25) is 0 Å². The quantitative estimate of drug-likeness (QED) is 0.672. The molecule has 2 rings (SSSR count). The molecule has 0 bridgehead atoms. The van der Waals surface area contributed by atoms with Crippen molar-refractivity contribution in [3.05, 3.63) is 27.3 Å². The average Bonchev–Trinajstić information content (AvgIpc) is 2.32. The zero-order valence-electron chi connectivity index (χ0n) is 6.92. The molecule has 4 heteroatoms. The summed E-state index contributed by atoms with van der Waals surface area (Å²) < 4.78 is 14.3. The van der Waals surface area contributed by atoms with Crippen molar-refractivity contribution in [3.8, 4) is 0 Å². The highest BCUT2D eigenvalue weighted by molar-refractivity contribution is 14.1. The third-order valence-corrected chi connectivity index (χ3v) is 2.84. The van der Waals surface area contributed by atoms with Crippen LogP contribution >= 0.6 is 22.6 Å². The summed E-state index contributed by atoms with van der Waals surface area (Å²) in [4.78, 5) is 12.6. The smallest absolute Gasteiger partial charge is 0.266 e. The molecule has 0 aromatic heterocycles. The lowest BCUT2D eigenvalue weighted by Gasteiger charge is -2.08. The van der Waals surface area contributed by atoms with Gasteiger partial charge in [0.05, 0.1) is 5.69 Å². The first-order valence-corrected chi connectivity index (χ1v) is 4.90. The Morgan fingerprint density at radius 2 is 2.23 bits per heavy atom. The number of hydrogen-bond donors (Lipinski definition) is 0. The van der Waals surface area contributed by atoms with Crippen molar-refractivity contribution in [2.45, 2.75) is 6.17 Å². The summed E-state index contributed by atoms with van der Waals surface area (Å²) in [7, 11) is 1.59. The summed E-state index contributed by atoms with van der Waals surface area (Å²) >= 11 is 2.10. The number of likely N-dealkylation sites (N-methyl/N-ethyl adjacent to an activating group) is 1. The number of nitrogens with zero attached hydrogens (tertiary/aromatic N) is 1. The van der Waals surface area contributed by atoms with Gasteiger partial charge in [0.25, 0.3) is 5.91 Å². The number of halogens is 2. The van der Waals surface area contributed by atoms with Crippen LogP contribution in [0.5, 0.6) is 0 Å². The molecule has 0 fully saturated rings. The molecule has 68 valence electrons. The molecular weight excluding hydrogens is 284 g/mol. The van der Waals surface area contributed by atoms with Crippen LogP contribution in [0.25, 0.3) is 0 Å². The van der Waals surface area contributed by atoms with Gasteiger partial charge in [0.15, 0.2) is 0 Å². The van der Waals surface area contributed by atoms with Gasteiger partial charge in [-0.2, -0.15) is 0 Å². The van der Waals surface area contributed by atoms with Crippen molar-refractivity contribution in [1.82, 2.24) is 0 Å². The molecular formula is C9H7FINO. The zero-order valence-corrected chi connectivity index (χ0v) is 9.08. The van der Waals surface area contributed by atoms with Crippen LogP contribution in [0.1, 0.15) is 11.7 Å². The van der Waals surface area contributed by atoms with Gasteiger partial charge < -0.3 is 4.90 Å². The van der Waals surface area contributed by atoms with Crippen LogP contribution in [0, 0.1) is 3.57 Å². The van der Waals surface area contributed by atoms with E-state index in [-0.39, 0.29) is 0 Å². The second-order valence-electron chi connectivity index (χ2n) is 2.96. The molecule has 0 spiro atoms. The van der Waals surface area contributed by atoms with E-state index in [0.717, 1.165) is 3.57 Å². The summed E-state index contributed by atoms with van der Waals surface area (Å²) in [5, 5.41) is 0. The van der Waals surface area contributed by atoms with Gasteiger partial charge >= 0.3 is 0 Å². The van der Waals surface area contributed by atoms with Crippen LogP contribution in [-0.4, -0.2) is 13.0 Å². The van der Waals surface area contributed by atoms with Gasteiger partial charge in [0, 0.05) is 16.2 Å². The second kappa shape index (κ2) is 2.94. The van der Waals surface area contributed by atoms with E-state index < -0.39 is 12.1 Å². The third kappa shape index (κ3) is 1.23. The van der Waals surface area contributed by atoms with Gasteiger partial charge in [0.2, 0.25) is 6.17 Å². The molecule has 1 aliphatic rings. The molecule has 0 radical (unpaired) electrons. The maximum absolute atomic E-state index is 13.3. The summed E-state index contributed by atoms with van der Waals surface area (Å²) in [5.41, 5.74) is 1.16. The molecule has 1 aromatic carbocycles. The van der Waals surface area contributed by atoms with Gasteiger partial charge in [-0.25, -0.2) is 4.39 Å². The zero-order chi connectivity index (χ0) is 9.59. The summed E-state index contributed by atoms with van der Waals surface area (Å²) in [5.74, 6) is -0.475. The first-order valence-electron chi connectivity index (χ1n) is 3.82. The largest absolute Gasteiger partial charge is 0.312 e. The molecule has 0 N–H and O–H groups in total. The van der Waals surface area contributed by atoms with Crippen LogP contribution < -0.4 is 4.90 Å². The van der Waals surface area contributed by atoms with E-state index >= 15 is 0 Å². The number of hydrogen-bond acceptors (Lipinski definition) is 1. The molecule has 1 amide bonds. The number of anilines is 1. The lowest BCUT2D eigenvalue weighted by Crippen LogP contribution is -2.22. The number of fused-ring (bicyclic) bond motifs is 1. The predicted octanol–water partition coefficient (Wildman–Crippen LogP) is 2.28. The first kappa shape index (κ1) is 8.93. The van der Waals surface area contributed by atoms with Gasteiger partial charge in [-0.05, 0) is 40.8 Å². The average molecular weight is 291 g/mol. The molecule has 13 heavy (non-hydrogen) atoms. The van der Waals surface area contributed by atoms with Crippen LogP contribution in [-0.2, 0) is 4.79 Å². The van der Waals surface area contributed by atoms with Gasteiger partial charge in [-0.3, -0.25) is 4.79 Å². The van der Waals surface area contributed by atoms with Crippen molar-refractivity contribution in [1.29, 1.82) is 0 Å². The highest BCUT2D eigenvalue weighted by Crippen LogP contribution is 2.37. The Kier molecular flexibility index (Phi) is 2.02. The van der Waals surface area contributed by atoms with Crippen molar-refractivity contribution in [3.63, 3.8) is 0 Å². The van der Waals surface area contributed by atoms with E-state index in [0.29, 0.717) is 11.3 Å². The maximum Gasteiger partial charge on any atom is 0.266 e.